The molecule has 0 aromatic carbocycles. The number of carbonyl (C=O) groups is 2. The van der Waals surface area contributed by atoms with E-state index < -0.39 is 73.1 Å². The Morgan fingerprint density at radius 3 is 1.98 bits per heavy atom. The second-order valence-electron chi connectivity index (χ2n) is 11.9. The van der Waals surface area contributed by atoms with Crippen molar-refractivity contribution in [2.75, 3.05) is 42.0 Å². The van der Waals surface area contributed by atoms with Gasteiger partial charge in [0.25, 0.3) is 0 Å². The van der Waals surface area contributed by atoms with Gasteiger partial charge in [-0.15, -0.1) is 0 Å². The van der Waals surface area contributed by atoms with Crippen LogP contribution >= 0.6 is 23.5 Å². The van der Waals surface area contributed by atoms with Gasteiger partial charge in [-0.3, -0.25) is 14.9 Å². The maximum Gasteiger partial charge on any atom is 0.320 e. The summed E-state index contributed by atoms with van der Waals surface area (Å²) in [6, 6.07) is 0.567. The number of carboxylic acids is 2. The lowest BCUT2D eigenvalue weighted by molar-refractivity contribution is -0.139. The third kappa shape index (κ3) is 12.1. The van der Waals surface area contributed by atoms with Crippen LogP contribution in [0.25, 0.3) is 11.0 Å². The van der Waals surface area contributed by atoms with Crippen molar-refractivity contribution < 1.29 is 49.7 Å². The van der Waals surface area contributed by atoms with Crippen LogP contribution in [0.15, 0.2) is 18.6 Å². The van der Waals surface area contributed by atoms with Crippen molar-refractivity contribution in [1.29, 1.82) is 0 Å². The number of hydrogen-bond acceptors (Lipinski definition) is 18. The number of aromatic nitrogens is 3. The van der Waals surface area contributed by atoms with Crippen LogP contribution in [0.4, 0.5) is 5.82 Å². The fourth-order valence-electron chi connectivity index (χ4n) is 4.78. The van der Waals surface area contributed by atoms with Crippen LogP contribution in [-0.4, -0.2) is 155 Å². The van der Waals surface area contributed by atoms with E-state index in [0.717, 1.165) is 5.52 Å². The van der Waals surface area contributed by atoms with E-state index in [2.05, 4.69) is 20.6 Å². The van der Waals surface area contributed by atoms with Gasteiger partial charge in [0.05, 0.1) is 24.1 Å². The number of imidazole rings is 1. The fraction of sp³-hybridized carbons (Fsp3) is 0.724. The molecule has 0 spiro atoms. The van der Waals surface area contributed by atoms with Gasteiger partial charge in [-0.1, -0.05) is 0 Å². The second-order valence-corrected chi connectivity index (χ2v) is 14.2. The summed E-state index contributed by atoms with van der Waals surface area (Å²) in [6.07, 6.45) is -0.339. The number of nitrogens with one attached hydrogen (secondary N) is 2. The predicted molar refractivity (Wildman–Crippen MR) is 188 cm³/mol. The highest BCUT2D eigenvalue weighted by Crippen LogP contribution is 2.34. The summed E-state index contributed by atoms with van der Waals surface area (Å²) in [6.45, 7) is 0.141. The Hall–Kier alpha value is -2.38. The van der Waals surface area contributed by atoms with Crippen molar-refractivity contribution in [1.82, 2.24) is 19.9 Å². The van der Waals surface area contributed by atoms with Gasteiger partial charge in [0.15, 0.2) is 12.0 Å². The molecule has 10 atom stereocenters. The Balaban J connectivity index is 0.000000255. The number of carboxylic acid groups (broad SMARTS) is 2. The Labute approximate surface area is 297 Å². The number of nitrogens with zero attached hydrogens (tertiary/aromatic N) is 3. The number of anilines is 1. The van der Waals surface area contributed by atoms with E-state index in [-0.39, 0.29) is 6.67 Å². The zero-order chi connectivity index (χ0) is 37.0. The number of fused-ring (bicyclic) bond motifs is 1. The third-order valence-corrected chi connectivity index (χ3v) is 10.2. The Morgan fingerprint density at radius 1 is 0.940 bits per heavy atom. The average Bonchev–Trinajstić information content (AvgIpc) is 3.58. The monoisotopic (exact) mass is 749 g/mol. The first-order chi connectivity index (χ1) is 23.8. The zero-order valence-electron chi connectivity index (χ0n) is 27.7. The highest BCUT2D eigenvalue weighted by molar-refractivity contribution is 7.99. The lowest BCUT2D eigenvalue weighted by Crippen LogP contribution is -2.43. The molecule has 16 N–H and O–H groups in total. The molecule has 19 nitrogen and oxygen atoms in total. The number of aliphatic hydroxyl groups is 4. The van der Waals surface area contributed by atoms with Crippen LogP contribution in [-0.2, 0) is 19.1 Å². The van der Waals surface area contributed by atoms with Gasteiger partial charge in [-0.25, -0.2) is 9.97 Å². The minimum absolute atomic E-state index is 0.141. The van der Waals surface area contributed by atoms with Crippen molar-refractivity contribution in [3.8, 4) is 0 Å². The molecule has 50 heavy (non-hydrogen) atoms. The topological polar surface area (TPSA) is 333 Å². The molecule has 2 aliphatic heterocycles. The minimum atomic E-state index is -1.11. The molecule has 5 rings (SSSR count). The molecule has 21 heteroatoms. The van der Waals surface area contributed by atoms with E-state index in [1.807, 2.05) is 0 Å². The van der Waals surface area contributed by atoms with Gasteiger partial charge in [-0.2, -0.15) is 23.5 Å². The molecule has 3 fully saturated rings. The molecule has 0 bridgehead atoms. The smallest absolute Gasteiger partial charge is 0.320 e. The standard InChI is InChI=1S/C16H23N5O5S.C10H21N3O5S.C3H7N/c1-18-14-11-9(2-4-19-14)21(7-20-11)15-13(23)12(22)10(26-15)6-27-5-3-8(17)16(24)25;11-4-13-9-8(15)7(14)6(18-9)3-19-2-1-5(12)10(16)17;4-3-1-2-3/h2,4,7-8,10,12-13,15,22-23H,3,5-6,17H2,1H3,(H,18,19)(H,24,25);5-9,13-15H,1-4,11-12H2,(H,16,17);3H,1-2,4H2. The maximum atomic E-state index is 10.7. The number of ether oxygens (including phenoxy) is 2. The summed E-state index contributed by atoms with van der Waals surface area (Å²) in [5.74, 6) is 0.480. The number of aliphatic hydroxyl groups excluding tert-OH is 4. The van der Waals surface area contributed by atoms with E-state index in [9.17, 15) is 30.0 Å². The highest BCUT2D eigenvalue weighted by atomic mass is 32.2. The molecule has 10 unspecified atom stereocenters. The molecular formula is C29H51N9O10S2. The second kappa shape index (κ2) is 20.6. The van der Waals surface area contributed by atoms with Crippen molar-refractivity contribution in [3.05, 3.63) is 18.6 Å². The lowest BCUT2D eigenvalue weighted by Gasteiger charge is -2.17. The van der Waals surface area contributed by atoms with Gasteiger partial charge in [0.2, 0.25) is 0 Å². The Bertz CT molecular complexity index is 1350. The quantitative estimate of drug-likeness (QED) is 0.0609. The molecule has 1 aliphatic carbocycles. The van der Waals surface area contributed by atoms with Gasteiger partial charge in [-0.05, 0) is 43.3 Å². The third-order valence-electron chi connectivity index (χ3n) is 7.99. The first-order valence-corrected chi connectivity index (χ1v) is 18.4. The van der Waals surface area contributed by atoms with Crippen LogP contribution in [0, 0.1) is 0 Å². The molecule has 284 valence electrons. The Kier molecular flexibility index (Phi) is 17.3. The molecule has 0 amide bonds. The highest BCUT2D eigenvalue weighted by Gasteiger charge is 2.44. The molecule has 2 saturated heterocycles. The maximum absolute atomic E-state index is 10.7. The van der Waals surface area contributed by atoms with E-state index >= 15 is 0 Å². The molecule has 1 saturated carbocycles. The number of pyridine rings is 1. The minimum Gasteiger partial charge on any atom is -0.480 e. The summed E-state index contributed by atoms with van der Waals surface area (Å²) >= 11 is 2.85. The molecule has 2 aromatic rings. The Morgan fingerprint density at radius 2 is 1.48 bits per heavy atom. The van der Waals surface area contributed by atoms with Crippen molar-refractivity contribution >= 4 is 52.3 Å². The van der Waals surface area contributed by atoms with Crippen molar-refractivity contribution in [3.63, 3.8) is 0 Å². The molecular weight excluding hydrogens is 699 g/mol. The number of nitrogens with two attached hydrogens (primary N) is 4. The van der Waals surface area contributed by atoms with Crippen LogP contribution in [0.3, 0.4) is 0 Å². The summed E-state index contributed by atoms with van der Waals surface area (Å²) in [4.78, 5) is 29.7. The van der Waals surface area contributed by atoms with E-state index in [4.69, 9.17) is 42.6 Å². The van der Waals surface area contributed by atoms with Crippen LogP contribution in [0.1, 0.15) is 31.9 Å². The van der Waals surface area contributed by atoms with Gasteiger partial charge in [0.1, 0.15) is 48.2 Å². The van der Waals surface area contributed by atoms with Crippen LogP contribution < -0.4 is 33.6 Å². The van der Waals surface area contributed by atoms with Gasteiger partial charge in [0, 0.05) is 37.5 Å². The number of thioether (sulfide) groups is 2. The van der Waals surface area contributed by atoms with Gasteiger partial charge >= 0.3 is 11.9 Å². The van der Waals surface area contributed by atoms with Crippen molar-refractivity contribution in [2.45, 2.75) is 92.9 Å². The van der Waals surface area contributed by atoms with E-state index in [0.29, 0.717) is 53.2 Å². The predicted octanol–water partition coefficient (Wildman–Crippen LogP) is -2.79. The molecule has 0 radical (unpaired) electrons. The zero-order valence-corrected chi connectivity index (χ0v) is 29.4. The number of rotatable bonds is 16. The summed E-state index contributed by atoms with van der Waals surface area (Å²) in [5.41, 5.74) is 22.7. The lowest BCUT2D eigenvalue weighted by atomic mass is 10.1. The fourth-order valence-corrected chi connectivity index (χ4v) is 6.97. The first kappa shape index (κ1) is 42.0. The molecule has 4 heterocycles. The summed E-state index contributed by atoms with van der Waals surface area (Å²) in [7, 11) is 1.75. The van der Waals surface area contributed by atoms with Crippen molar-refractivity contribution in [2.24, 2.45) is 22.9 Å². The normalized spacial score (nSPS) is 28.7. The molecule has 2 aromatic heterocycles. The molecule has 3 aliphatic rings. The number of hydrogen-bond donors (Lipinski definition) is 12. The van der Waals surface area contributed by atoms with Crippen LogP contribution in [0.5, 0.6) is 0 Å². The first-order valence-electron chi connectivity index (χ1n) is 16.1. The van der Waals surface area contributed by atoms with E-state index in [1.165, 1.54) is 36.4 Å². The summed E-state index contributed by atoms with van der Waals surface area (Å²) in [5, 5.41) is 63.3. The van der Waals surface area contributed by atoms with Crippen LogP contribution in [0.2, 0.25) is 0 Å². The average molecular weight is 750 g/mol. The number of aliphatic carboxylic acids is 2. The largest absolute Gasteiger partial charge is 0.480 e. The summed E-state index contributed by atoms with van der Waals surface area (Å²) < 4.78 is 13.0. The van der Waals surface area contributed by atoms with Gasteiger partial charge < -0.3 is 72.9 Å². The SMILES string of the molecule is CNc1nccc2c1ncn2C1OC(CSCCC(N)C(=O)O)C(O)C1O.NC1CC1.NCNC1OC(CSCCC(N)C(=O)O)C(O)C1O. The van der Waals surface area contributed by atoms with E-state index in [1.54, 1.807) is 30.2 Å².